The number of methoxy groups -OCH3 is 2. The Labute approximate surface area is 198 Å². The Balaban J connectivity index is 1.71. The molecule has 3 aromatic rings. The van der Waals surface area contributed by atoms with Crippen molar-refractivity contribution in [3.63, 3.8) is 0 Å². The minimum Gasteiger partial charge on any atom is -0.493 e. The standard InChI is InChI=1S/C23H22ClF3N4O3/c1-12-4-6-14(24)9-16(12)30-22(32)15-11-28-31-20(23(25,26)27)10-17(29-21(15)31)13-5-7-18(33-2)19(8-13)34-3/h4-9,11,17,20,29H,10H2,1-3H3,(H,30,32)/t17-,20+/m1/s1. The molecule has 4 rings (SSSR count). The van der Waals surface area contributed by atoms with Gasteiger partial charge in [-0.25, -0.2) is 4.68 Å². The number of anilines is 2. The summed E-state index contributed by atoms with van der Waals surface area (Å²) in [5.74, 6) is 0.216. The van der Waals surface area contributed by atoms with Crippen molar-refractivity contribution in [3.05, 3.63) is 64.3 Å². The van der Waals surface area contributed by atoms with E-state index in [-0.39, 0.29) is 17.8 Å². The van der Waals surface area contributed by atoms with Gasteiger partial charge in [-0.05, 0) is 42.3 Å². The molecular formula is C23H22ClF3N4O3. The van der Waals surface area contributed by atoms with E-state index in [1.165, 1.54) is 14.2 Å². The predicted octanol–water partition coefficient (Wildman–Crippen LogP) is 5.77. The van der Waals surface area contributed by atoms with E-state index in [0.29, 0.717) is 27.8 Å². The molecule has 11 heteroatoms. The SMILES string of the molecule is COc1ccc([C@H]2C[C@@H](C(F)(F)F)n3ncc(C(=O)Nc4cc(Cl)ccc4C)c3N2)cc1OC. The van der Waals surface area contributed by atoms with Crippen molar-refractivity contribution in [1.29, 1.82) is 0 Å². The molecule has 2 heterocycles. The lowest BCUT2D eigenvalue weighted by Crippen LogP contribution is -2.36. The maximum Gasteiger partial charge on any atom is 0.410 e. The Kier molecular flexibility index (Phi) is 6.35. The summed E-state index contributed by atoms with van der Waals surface area (Å²) in [7, 11) is 2.92. The smallest absolute Gasteiger partial charge is 0.410 e. The van der Waals surface area contributed by atoms with Gasteiger partial charge < -0.3 is 20.1 Å². The van der Waals surface area contributed by atoms with Crippen LogP contribution in [-0.2, 0) is 0 Å². The Bertz CT molecular complexity index is 1230. The van der Waals surface area contributed by atoms with Crippen LogP contribution in [0.1, 0.15) is 40.0 Å². The third-order valence-corrected chi connectivity index (χ3v) is 5.98. The first-order valence-corrected chi connectivity index (χ1v) is 10.7. The number of carbonyl (C=O) groups is 1. The van der Waals surface area contributed by atoms with E-state index < -0.39 is 24.2 Å². The lowest BCUT2D eigenvalue weighted by atomic mass is 9.96. The van der Waals surface area contributed by atoms with Crippen LogP contribution < -0.4 is 20.1 Å². The monoisotopic (exact) mass is 494 g/mol. The van der Waals surface area contributed by atoms with Gasteiger partial charge >= 0.3 is 6.18 Å². The highest BCUT2D eigenvalue weighted by Gasteiger charge is 2.47. The molecule has 0 unspecified atom stereocenters. The van der Waals surface area contributed by atoms with Crippen molar-refractivity contribution >= 4 is 29.0 Å². The highest BCUT2D eigenvalue weighted by molar-refractivity contribution is 6.31. The number of nitrogens with one attached hydrogen (secondary N) is 2. The number of fused-ring (bicyclic) bond motifs is 1. The summed E-state index contributed by atoms with van der Waals surface area (Å²) < 4.78 is 53.3. The Morgan fingerprint density at radius 1 is 1.18 bits per heavy atom. The van der Waals surface area contributed by atoms with Crippen LogP contribution >= 0.6 is 11.6 Å². The summed E-state index contributed by atoms with van der Waals surface area (Å²) in [5, 5.41) is 10.1. The van der Waals surface area contributed by atoms with Crippen LogP contribution in [0.25, 0.3) is 0 Å². The fourth-order valence-corrected chi connectivity index (χ4v) is 4.11. The summed E-state index contributed by atoms with van der Waals surface area (Å²) >= 11 is 6.02. The van der Waals surface area contributed by atoms with Crippen molar-refractivity contribution in [2.75, 3.05) is 24.9 Å². The number of amides is 1. The van der Waals surface area contributed by atoms with Crippen molar-refractivity contribution in [3.8, 4) is 11.5 Å². The molecule has 1 aliphatic rings. The number of halogens is 4. The number of carbonyl (C=O) groups excluding carboxylic acids is 1. The second-order valence-corrected chi connectivity index (χ2v) is 8.31. The van der Waals surface area contributed by atoms with Crippen molar-refractivity contribution in [1.82, 2.24) is 9.78 Å². The van der Waals surface area contributed by atoms with Crippen molar-refractivity contribution in [2.24, 2.45) is 0 Å². The number of aryl methyl sites for hydroxylation is 1. The van der Waals surface area contributed by atoms with Gasteiger partial charge in [0.15, 0.2) is 17.5 Å². The van der Waals surface area contributed by atoms with Crippen LogP contribution in [0.3, 0.4) is 0 Å². The van der Waals surface area contributed by atoms with Crippen LogP contribution in [-0.4, -0.2) is 36.1 Å². The molecule has 0 spiro atoms. The molecule has 0 saturated carbocycles. The first-order valence-electron chi connectivity index (χ1n) is 10.3. The largest absolute Gasteiger partial charge is 0.493 e. The average Bonchev–Trinajstić information content (AvgIpc) is 3.23. The second-order valence-electron chi connectivity index (χ2n) is 7.87. The van der Waals surface area contributed by atoms with Gasteiger partial charge in [-0.1, -0.05) is 23.7 Å². The van der Waals surface area contributed by atoms with Crippen molar-refractivity contribution in [2.45, 2.75) is 31.6 Å². The van der Waals surface area contributed by atoms with Crippen LogP contribution in [0.5, 0.6) is 11.5 Å². The first kappa shape index (κ1) is 23.7. The minimum absolute atomic E-state index is 0.0150. The number of hydrogen-bond donors (Lipinski definition) is 2. The molecule has 2 aromatic carbocycles. The van der Waals surface area contributed by atoms with Gasteiger partial charge in [0.2, 0.25) is 0 Å². The lowest BCUT2D eigenvalue weighted by molar-refractivity contribution is -0.173. The summed E-state index contributed by atoms with van der Waals surface area (Å²) in [6.45, 7) is 1.78. The van der Waals surface area contributed by atoms with Gasteiger partial charge in [0.05, 0.1) is 26.5 Å². The number of rotatable bonds is 5. The fraction of sp³-hybridized carbons (Fsp3) is 0.304. The average molecular weight is 495 g/mol. The molecule has 1 amide bonds. The summed E-state index contributed by atoms with van der Waals surface area (Å²) in [4.78, 5) is 13.0. The Morgan fingerprint density at radius 2 is 1.91 bits per heavy atom. The molecule has 180 valence electrons. The molecule has 0 saturated heterocycles. The zero-order valence-electron chi connectivity index (χ0n) is 18.5. The van der Waals surface area contributed by atoms with Crippen LogP contribution in [0.2, 0.25) is 5.02 Å². The third kappa shape index (κ3) is 4.50. The Morgan fingerprint density at radius 3 is 2.59 bits per heavy atom. The quantitative estimate of drug-likeness (QED) is 0.470. The molecule has 1 aliphatic heterocycles. The number of ether oxygens (including phenoxy) is 2. The maximum absolute atomic E-state index is 14.0. The van der Waals surface area contributed by atoms with Crippen LogP contribution in [0.4, 0.5) is 24.7 Å². The van der Waals surface area contributed by atoms with Gasteiger partial charge in [-0.3, -0.25) is 4.79 Å². The highest BCUT2D eigenvalue weighted by Crippen LogP contribution is 2.45. The van der Waals surface area contributed by atoms with Gasteiger partial charge in [-0.15, -0.1) is 0 Å². The first-order chi connectivity index (χ1) is 16.1. The number of nitrogens with zero attached hydrogens (tertiary/aromatic N) is 2. The van der Waals surface area contributed by atoms with Gasteiger partial charge in [0, 0.05) is 17.1 Å². The topological polar surface area (TPSA) is 77.4 Å². The fourth-order valence-electron chi connectivity index (χ4n) is 3.94. The second kappa shape index (κ2) is 9.09. The van der Waals surface area contributed by atoms with Crippen LogP contribution in [0.15, 0.2) is 42.6 Å². The van der Waals surface area contributed by atoms with Gasteiger partial charge in [0.25, 0.3) is 5.91 Å². The van der Waals surface area contributed by atoms with E-state index in [1.54, 1.807) is 43.3 Å². The summed E-state index contributed by atoms with van der Waals surface area (Å²) in [6.07, 6.45) is -3.76. The molecular weight excluding hydrogens is 473 g/mol. The number of benzene rings is 2. The van der Waals surface area contributed by atoms with E-state index in [0.717, 1.165) is 16.4 Å². The normalized spacial score (nSPS) is 17.5. The Hall–Kier alpha value is -3.40. The maximum atomic E-state index is 14.0. The number of aromatic nitrogens is 2. The third-order valence-electron chi connectivity index (χ3n) is 5.74. The van der Waals surface area contributed by atoms with E-state index in [1.807, 2.05) is 0 Å². The molecule has 1 aromatic heterocycles. The zero-order chi connectivity index (χ0) is 24.6. The molecule has 0 fully saturated rings. The minimum atomic E-state index is -4.57. The van der Waals surface area contributed by atoms with Gasteiger partial charge in [0.1, 0.15) is 11.4 Å². The van der Waals surface area contributed by atoms with Gasteiger partial charge in [-0.2, -0.15) is 18.3 Å². The van der Waals surface area contributed by atoms with E-state index >= 15 is 0 Å². The summed E-state index contributed by atoms with van der Waals surface area (Å²) in [5.41, 5.74) is 1.75. The molecule has 2 atom stereocenters. The zero-order valence-corrected chi connectivity index (χ0v) is 19.3. The van der Waals surface area contributed by atoms with Crippen molar-refractivity contribution < 1.29 is 27.4 Å². The molecule has 0 bridgehead atoms. The molecule has 0 aliphatic carbocycles. The predicted molar refractivity (Wildman–Crippen MR) is 122 cm³/mol. The van der Waals surface area contributed by atoms with E-state index in [9.17, 15) is 18.0 Å². The number of hydrogen-bond acceptors (Lipinski definition) is 5. The molecule has 7 nitrogen and oxygen atoms in total. The molecule has 2 N–H and O–H groups in total. The van der Waals surface area contributed by atoms with E-state index in [2.05, 4.69) is 15.7 Å². The molecule has 34 heavy (non-hydrogen) atoms. The van der Waals surface area contributed by atoms with Crippen LogP contribution in [0, 0.1) is 6.92 Å². The van der Waals surface area contributed by atoms with E-state index in [4.69, 9.17) is 21.1 Å². The lowest BCUT2D eigenvalue weighted by Gasteiger charge is -2.34. The highest BCUT2D eigenvalue weighted by atomic mass is 35.5. The summed E-state index contributed by atoms with van der Waals surface area (Å²) in [6, 6.07) is 7.21. The number of alkyl halides is 3. The molecule has 0 radical (unpaired) electrons.